The highest BCUT2D eigenvalue weighted by Crippen LogP contribution is 2.42. The van der Waals surface area contributed by atoms with Crippen molar-refractivity contribution in [3.8, 4) is 17.3 Å². The van der Waals surface area contributed by atoms with Crippen molar-refractivity contribution in [3.63, 3.8) is 0 Å². The summed E-state index contributed by atoms with van der Waals surface area (Å²) in [6, 6.07) is 1.80. The van der Waals surface area contributed by atoms with E-state index in [1.54, 1.807) is 18.5 Å². The SMILES string of the molecule is CC1CC2CN1c1nc(OCC34CCCN3CCC4)nc3c(F)c(ncc13)-c1c(c(Cl)cc3[nH]ncc13)CCCCOC(=O)N2. The molecule has 2 atom stereocenters. The Labute approximate surface area is 264 Å². The zero-order chi connectivity index (χ0) is 30.7. The summed E-state index contributed by atoms with van der Waals surface area (Å²) in [6.07, 6.45) is 9.83. The van der Waals surface area contributed by atoms with E-state index in [-0.39, 0.29) is 41.5 Å². The van der Waals surface area contributed by atoms with Gasteiger partial charge in [0.2, 0.25) is 0 Å². The second kappa shape index (κ2) is 11.2. The van der Waals surface area contributed by atoms with Gasteiger partial charge in [0, 0.05) is 34.8 Å². The van der Waals surface area contributed by atoms with E-state index in [4.69, 9.17) is 36.0 Å². The smallest absolute Gasteiger partial charge is 0.407 e. The maximum absolute atomic E-state index is 17.0. The maximum atomic E-state index is 17.0. The molecular formula is C32H36ClFN8O3. The van der Waals surface area contributed by atoms with Crippen LogP contribution >= 0.6 is 11.6 Å². The van der Waals surface area contributed by atoms with Crippen LogP contribution in [0.3, 0.4) is 0 Å². The van der Waals surface area contributed by atoms with Crippen LogP contribution in [0, 0.1) is 5.82 Å². The minimum absolute atomic E-state index is 0.00621. The Morgan fingerprint density at radius 2 is 2.00 bits per heavy atom. The van der Waals surface area contributed by atoms with Crippen molar-refractivity contribution in [1.82, 2.24) is 35.4 Å². The molecule has 2 N–H and O–H groups in total. The number of aromatic nitrogens is 5. The van der Waals surface area contributed by atoms with Crippen LogP contribution in [0.25, 0.3) is 33.1 Å². The topological polar surface area (TPSA) is 121 Å². The normalized spacial score (nSPS) is 23.4. The Kier molecular flexibility index (Phi) is 7.16. The van der Waals surface area contributed by atoms with Crippen LogP contribution in [0.5, 0.6) is 6.01 Å². The van der Waals surface area contributed by atoms with Gasteiger partial charge >= 0.3 is 12.1 Å². The van der Waals surface area contributed by atoms with Crippen LogP contribution in [0.1, 0.15) is 57.4 Å². The summed E-state index contributed by atoms with van der Waals surface area (Å²) in [6.45, 7) is 5.42. The molecule has 0 spiro atoms. The molecule has 45 heavy (non-hydrogen) atoms. The Balaban J connectivity index is 1.30. The van der Waals surface area contributed by atoms with Gasteiger partial charge in [-0.25, -0.2) is 9.18 Å². The van der Waals surface area contributed by atoms with Gasteiger partial charge in [0.1, 0.15) is 23.6 Å². The van der Waals surface area contributed by atoms with Crippen LogP contribution in [0.15, 0.2) is 18.5 Å². The first-order chi connectivity index (χ1) is 21.9. The maximum Gasteiger partial charge on any atom is 0.407 e. The zero-order valence-corrected chi connectivity index (χ0v) is 26.0. The number of amides is 1. The molecule has 6 bridgehead atoms. The minimum Gasteiger partial charge on any atom is -0.461 e. The van der Waals surface area contributed by atoms with Gasteiger partial charge in [-0.05, 0) is 83.0 Å². The van der Waals surface area contributed by atoms with E-state index >= 15 is 4.39 Å². The lowest BCUT2D eigenvalue weighted by Crippen LogP contribution is -2.43. The van der Waals surface area contributed by atoms with Gasteiger partial charge in [-0.1, -0.05) is 11.6 Å². The van der Waals surface area contributed by atoms with Crippen LogP contribution in [-0.4, -0.2) is 86.6 Å². The predicted molar refractivity (Wildman–Crippen MR) is 168 cm³/mol. The second-order valence-corrected chi connectivity index (χ2v) is 13.3. The standard InChI is InChI=1S/C32H36ClFN8O3/c1-18-12-19-16-42(18)29-22-14-35-28(26(34)27(22)38-30(39-29)45-17-32-7-4-9-41(32)10-5-8-32)25-20(6-2-3-11-44-31(43)37-19)23(33)13-24-21(25)15-36-40-24/h13-15,18-19H,2-12,16-17H2,1H3,(H,36,40)(H,37,43). The number of aromatic amines is 1. The summed E-state index contributed by atoms with van der Waals surface area (Å²) >= 11 is 6.81. The number of pyridine rings is 1. The number of carbonyl (C=O) groups is 1. The number of H-pyrrole nitrogens is 1. The van der Waals surface area contributed by atoms with Gasteiger partial charge < -0.3 is 19.7 Å². The van der Waals surface area contributed by atoms with Crippen LogP contribution in [0.2, 0.25) is 5.02 Å². The van der Waals surface area contributed by atoms with Crippen LogP contribution in [0.4, 0.5) is 15.0 Å². The first kappa shape index (κ1) is 28.7. The van der Waals surface area contributed by atoms with Crippen molar-refractivity contribution in [2.75, 3.05) is 37.7 Å². The van der Waals surface area contributed by atoms with E-state index in [1.165, 1.54) is 0 Å². The summed E-state index contributed by atoms with van der Waals surface area (Å²) < 4.78 is 28.9. The summed E-state index contributed by atoms with van der Waals surface area (Å²) in [5, 5.41) is 11.9. The number of halogens is 2. The van der Waals surface area contributed by atoms with Crippen molar-refractivity contribution in [2.45, 2.75) is 75.9 Å². The molecule has 3 fully saturated rings. The van der Waals surface area contributed by atoms with E-state index in [2.05, 4.69) is 32.2 Å². The van der Waals surface area contributed by atoms with Crippen LogP contribution in [-0.2, 0) is 11.2 Å². The molecule has 3 aromatic heterocycles. The highest BCUT2D eigenvalue weighted by molar-refractivity contribution is 6.33. The van der Waals surface area contributed by atoms with Crippen molar-refractivity contribution < 1.29 is 18.7 Å². The van der Waals surface area contributed by atoms with Gasteiger partial charge in [0.05, 0.1) is 35.3 Å². The van der Waals surface area contributed by atoms with Gasteiger partial charge in [-0.3, -0.25) is 15.0 Å². The number of anilines is 1. The number of nitrogens with one attached hydrogen (secondary N) is 2. The highest BCUT2D eigenvalue weighted by atomic mass is 35.5. The summed E-state index contributed by atoms with van der Waals surface area (Å²) in [5.41, 5.74) is 2.30. The zero-order valence-electron chi connectivity index (χ0n) is 25.2. The van der Waals surface area contributed by atoms with Gasteiger partial charge in [0.25, 0.3) is 0 Å². The second-order valence-electron chi connectivity index (χ2n) is 12.9. The van der Waals surface area contributed by atoms with Crippen molar-refractivity contribution >= 4 is 45.3 Å². The molecule has 2 unspecified atom stereocenters. The summed E-state index contributed by atoms with van der Waals surface area (Å²) in [7, 11) is 0. The quantitative estimate of drug-likeness (QED) is 0.305. The molecule has 0 aliphatic carbocycles. The van der Waals surface area contributed by atoms with Crippen LogP contribution < -0.4 is 15.0 Å². The first-order valence-corrected chi connectivity index (χ1v) is 16.4. The Morgan fingerprint density at radius 1 is 1.16 bits per heavy atom. The fourth-order valence-corrected chi connectivity index (χ4v) is 8.26. The van der Waals surface area contributed by atoms with Crippen molar-refractivity contribution in [2.24, 2.45) is 0 Å². The average Bonchev–Trinajstić information content (AvgIpc) is 3.80. The monoisotopic (exact) mass is 634 g/mol. The number of ether oxygens (including phenoxy) is 2. The van der Waals surface area contributed by atoms with E-state index < -0.39 is 11.9 Å². The molecule has 236 valence electrons. The number of benzene rings is 1. The number of nitrogens with zero attached hydrogens (tertiary/aromatic N) is 6. The lowest BCUT2D eigenvalue weighted by molar-refractivity contribution is 0.108. The number of alkyl carbamates (subject to hydrolysis) is 1. The predicted octanol–water partition coefficient (Wildman–Crippen LogP) is 5.40. The average molecular weight is 635 g/mol. The number of rotatable bonds is 3. The van der Waals surface area contributed by atoms with E-state index in [0.29, 0.717) is 66.1 Å². The highest BCUT2D eigenvalue weighted by Gasteiger charge is 2.45. The van der Waals surface area contributed by atoms with E-state index in [1.807, 2.05) is 0 Å². The molecule has 9 rings (SSSR count). The van der Waals surface area contributed by atoms with Gasteiger partial charge in [-0.15, -0.1) is 0 Å². The number of fused-ring (bicyclic) bond motifs is 9. The number of carbonyl (C=O) groups excluding carboxylic acids is 1. The largest absolute Gasteiger partial charge is 0.461 e. The van der Waals surface area contributed by atoms with Crippen molar-refractivity contribution in [1.29, 1.82) is 0 Å². The molecule has 1 amide bonds. The summed E-state index contributed by atoms with van der Waals surface area (Å²) in [5.74, 6) is -0.0210. The molecule has 5 aliphatic rings. The Morgan fingerprint density at radius 3 is 2.84 bits per heavy atom. The molecule has 0 radical (unpaired) electrons. The molecule has 4 aromatic rings. The molecular weight excluding hydrogens is 599 g/mol. The summed E-state index contributed by atoms with van der Waals surface area (Å²) in [4.78, 5) is 31.6. The minimum atomic E-state index is -0.558. The molecule has 1 aromatic carbocycles. The van der Waals surface area contributed by atoms with Gasteiger partial charge in [0.15, 0.2) is 5.82 Å². The lowest BCUT2D eigenvalue weighted by Gasteiger charge is -2.31. The molecule has 5 aliphatic heterocycles. The molecule has 13 heteroatoms. The third kappa shape index (κ3) is 4.93. The fraction of sp³-hybridized carbons (Fsp3) is 0.531. The molecule has 0 saturated carbocycles. The molecule has 11 nitrogen and oxygen atoms in total. The molecule has 3 saturated heterocycles. The third-order valence-electron chi connectivity index (χ3n) is 10.2. The first-order valence-electron chi connectivity index (χ1n) is 16.0. The number of hydrogen-bond acceptors (Lipinski definition) is 9. The number of hydrogen-bond donors (Lipinski definition) is 2. The van der Waals surface area contributed by atoms with Gasteiger partial charge in [-0.2, -0.15) is 15.1 Å². The Bertz CT molecular complexity index is 1790. The lowest BCUT2D eigenvalue weighted by atomic mass is 9.95. The van der Waals surface area contributed by atoms with Crippen molar-refractivity contribution in [3.05, 3.63) is 34.9 Å². The fourth-order valence-electron chi connectivity index (χ4n) is 7.96. The Hall–Kier alpha value is -3.77. The van der Waals surface area contributed by atoms with E-state index in [9.17, 15) is 4.79 Å². The molecule has 8 heterocycles. The van der Waals surface area contributed by atoms with E-state index in [0.717, 1.165) is 49.7 Å². The third-order valence-corrected chi connectivity index (χ3v) is 10.5.